The summed E-state index contributed by atoms with van der Waals surface area (Å²) in [4.78, 5) is 22.7. The summed E-state index contributed by atoms with van der Waals surface area (Å²) < 4.78 is 30.3. The smallest absolute Gasteiger partial charge is 0.302 e. The first-order chi connectivity index (χ1) is 13.7. The second kappa shape index (κ2) is 8.18. The number of nitriles is 1. The van der Waals surface area contributed by atoms with Crippen molar-refractivity contribution in [2.24, 2.45) is 0 Å². The van der Waals surface area contributed by atoms with Crippen LogP contribution >= 0.6 is 11.3 Å². The van der Waals surface area contributed by atoms with Crippen LogP contribution in [0.1, 0.15) is 39.8 Å². The number of hydrogen-bond donors (Lipinski definition) is 1. The van der Waals surface area contributed by atoms with Crippen LogP contribution in [0.15, 0.2) is 33.2 Å². The van der Waals surface area contributed by atoms with Gasteiger partial charge in [-0.3, -0.25) is 9.69 Å². The highest BCUT2D eigenvalue weighted by Crippen LogP contribution is 2.29. The molecule has 0 fully saturated rings. The minimum atomic E-state index is -3.73. The summed E-state index contributed by atoms with van der Waals surface area (Å²) in [5.41, 5.74) is 2.23. The van der Waals surface area contributed by atoms with E-state index in [1.807, 2.05) is 23.1 Å². The zero-order chi connectivity index (χ0) is 21.2. The van der Waals surface area contributed by atoms with Crippen molar-refractivity contribution >= 4 is 33.3 Å². The van der Waals surface area contributed by atoms with Crippen molar-refractivity contribution in [2.45, 2.75) is 33.2 Å². The number of carbonyl (C=O) groups excluding carboxylic acids is 1. The number of amides is 1. The molecule has 29 heavy (non-hydrogen) atoms. The van der Waals surface area contributed by atoms with Gasteiger partial charge in [-0.25, -0.2) is 18.1 Å². The molecule has 3 rings (SSSR count). The molecule has 1 amide bonds. The summed E-state index contributed by atoms with van der Waals surface area (Å²) in [6, 6.07) is 2.30. The number of aromatic nitrogens is 2. The Kier molecular flexibility index (Phi) is 5.86. The molecule has 2 aromatic heterocycles. The average molecular weight is 434 g/mol. The number of oxazole rings is 1. The Bertz CT molecular complexity index is 1150. The topological polar surface area (TPSA) is 129 Å². The summed E-state index contributed by atoms with van der Waals surface area (Å²) in [6.07, 6.45) is 5.62. The fraction of sp³-hybridized carbons (Fsp3) is 0.333. The lowest BCUT2D eigenvalue weighted by Crippen LogP contribution is -2.30. The molecule has 11 heteroatoms. The number of thiazole rings is 1. The van der Waals surface area contributed by atoms with Crippen LogP contribution in [-0.4, -0.2) is 30.5 Å². The lowest BCUT2D eigenvalue weighted by Gasteiger charge is -2.24. The third-order valence-corrected chi connectivity index (χ3v) is 5.49. The number of hydrogen-bond acceptors (Lipinski definition) is 9. The van der Waals surface area contributed by atoms with Crippen LogP contribution < -0.4 is 9.62 Å². The zero-order valence-electron chi connectivity index (χ0n) is 16.1. The first-order valence-corrected chi connectivity index (χ1v) is 11.4. The molecule has 0 aromatic carbocycles. The van der Waals surface area contributed by atoms with E-state index in [2.05, 4.69) is 16.0 Å². The van der Waals surface area contributed by atoms with E-state index in [9.17, 15) is 13.2 Å². The summed E-state index contributed by atoms with van der Waals surface area (Å²) in [5.74, 6) is -0.654. The molecule has 1 aliphatic rings. The van der Waals surface area contributed by atoms with Crippen LogP contribution in [0.3, 0.4) is 0 Å². The predicted molar refractivity (Wildman–Crippen MR) is 108 cm³/mol. The van der Waals surface area contributed by atoms with Crippen molar-refractivity contribution in [1.29, 1.82) is 5.26 Å². The van der Waals surface area contributed by atoms with E-state index in [0.717, 1.165) is 22.7 Å². The Hall–Kier alpha value is -2.97. The molecule has 1 aliphatic carbocycles. The highest BCUT2D eigenvalue weighted by Gasteiger charge is 2.26. The maximum atomic E-state index is 12.2. The van der Waals surface area contributed by atoms with Gasteiger partial charge in [-0.2, -0.15) is 10.2 Å². The van der Waals surface area contributed by atoms with Crippen molar-refractivity contribution < 1.29 is 17.6 Å². The van der Waals surface area contributed by atoms with Crippen molar-refractivity contribution in [3.8, 4) is 6.07 Å². The van der Waals surface area contributed by atoms with Crippen LogP contribution in [0.25, 0.3) is 0 Å². The first kappa shape index (κ1) is 20.8. The van der Waals surface area contributed by atoms with E-state index in [1.165, 1.54) is 11.3 Å². The number of nitrogens with one attached hydrogen (secondary N) is 1. The Balaban J connectivity index is 1.97. The largest absolute Gasteiger partial charge is 0.428 e. The van der Waals surface area contributed by atoms with Gasteiger partial charge in [-0.15, -0.1) is 11.3 Å². The SMILES string of the molecule is Cc1nc(CN(C2=CC=C(C#N)CC2)c2nc(C(=O)NS(C)(=O)=O)c(C)o2)cs1. The van der Waals surface area contributed by atoms with E-state index >= 15 is 0 Å². The molecule has 2 heterocycles. The fourth-order valence-corrected chi connectivity index (χ4v) is 3.84. The van der Waals surface area contributed by atoms with E-state index in [-0.39, 0.29) is 17.5 Å². The zero-order valence-corrected chi connectivity index (χ0v) is 17.7. The number of allylic oxidation sites excluding steroid dienone is 4. The molecule has 0 bridgehead atoms. The number of rotatable bonds is 6. The molecule has 0 saturated heterocycles. The standard InChI is InChI=1S/C18H19N5O4S2/c1-11-16(17(24)22-29(3,25)26)21-18(27-11)23(9-14-10-28-12(2)20-14)15-6-4-13(8-19)5-7-15/h4,6,10H,5,7,9H2,1-3H3,(H,22,24). The van der Waals surface area contributed by atoms with Crippen molar-refractivity contribution in [3.63, 3.8) is 0 Å². The minimum Gasteiger partial charge on any atom is -0.428 e. The van der Waals surface area contributed by atoms with Gasteiger partial charge in [0.1, 0.15) is 5.76 Å². The van der Waals surface area contributed by atoms with Gasteiger partial charge in [0, 0.05) is 16.7 Å². The molecule has 0 unspecified atom stereocenters. The van der Waals surface area contributed by atoms with Crippen LogP contribution in [0, 0.1) is 25.2 Å². The number of sulfonamides is 1. The third-order valence-electron chi connectivity index (χ3n) is 4.11. The van der Waals surface area contributed by atoms with Gasteiger partial charge in [0.2, 0.25) is 10.0 Å². The van der Waals surface area contributed by atoms with Crippen LogP contribution in [0.5, 0.6) is 0 Å². The summed E-state index contributed by atoms with van der Waals surface area (Å²) in [6.45, 7) is 3.81. The van der Waals surface area contributed by atoms with Gasteiger partial charge in [-0.05, 0) is 38.8 Å². The molecule has 0 saturated carbocycles. The maximum Gasteiger partial charge on any atom is 0.302 e. The van der Waals surface area contributed by atoms with Gasteiger partial charge < -0.3 is 4.42 Å². The Morgan fingerprint density at radius 3 is 2.66 bits per heavy atom. The molecular formula is C18H19N5O4S2. The minimum absolute atomic E-state index is 0.102. The van der Waals surface area contributed by atoms with Gasteiger partial charge in [0.25, 0.3) is 5.91 Å². The monoisotopic (exact) mass is 433 g/mol. The van der Waals surface area contributed by atoms with Crippen molar-refractivity contribution in [1.82, 2.24) is 14.7 Å². The second-order valence-corrected chi connectivity index (χ2v) is 9.32. The Labute approximate surface area is 172 Å². The van der Waals surface area contributed by atoms with Crippen molar-refractivity contribution in [3.05, 3.63) is 51.0 Å². The normalized spacial score (nSPS) is 14.0. The molecule has 1 N–H and O–H groups in total. The summed E-state index contributed by atoms with van der Waals surface area (Å²) >= 11 is 1.52. The second-order valence-electron chi connectivity index (χ2n) is 6.51. The molecule has 2 aromatic rings. The van der Waals surface area contributed by atoms with Crippen LogP contribution in [-0.2, 0) is 16.6 Å². The highest BCUT2D eigenvalue weighted by molar-refractivity contribution is 7.89. The van der Waals surface area contributed by atoms with Gasteiger partial charge in [0.15, 0.2) is 5.69 Å². The quantitative estimate of drug-likeness (QED) is 0.736. The van der Waals surface area contributed by atoms with E-state index in [4.69, 9.17) is 9.68 Å². The molecule has 0 spiro atoms. The number of aryl methyl sites for hydroxylation is 2. The lowest BCUT2D eigenvalue weighted by atomic mass is 10.0. The predicted octanol–water partition coefficient (Wildman–Crippen LogP) is 2.57. The third kappa shape index (κ3) is 5.10. The first-order valence-electron chi connectivity index (χ1n) is 8.64. The average Bonchev–Trinajstić information content (AvgIpc) is 3.24. The summed E-state index contributed by atoms with van der Waals surface area (Å²) in [5, 5.41) is 11.9. The molecular weight excluding hydrogens is 414 g/mol. The van der Waals surface area contributed by atoms with Gasteiger partial charge in [0.05, 0.1) is 29.6 Å². The van der Waals surface area contributed by atoms with Crippen LogP contribution in [0.2, 0.25) is 0 Å². The van der Waals surface area contributed by atoms with E-state index in [0.29, 0.717) is 25.0 Å². The molecule has 0 atom stereocenters. The van der Waals surface area contributed by atoms with Crippen molar-refractivity contribution in [2.75, 3.05) is 11.2 Å². The fourth-order valence-electron chi connectivity index (χ4n) is 2.80. The Morgan fingerprint density at radius 1 is 1.34 bits per heavy atom. The van der Waals surface area contributed by atoms with E-state index < -0.39 is 15.9 Å². The molecule has 0 aliphatic heterocycles. The number of nitrogens with zero attached hydrogens (tertiary/aromatic N) is 4. The van der Waals surface area contributed by atoms with Crippen LogP contribution in [0.4, 0.5) is 6.01 Å². The summed E-state index contributed by atoms with van der Waals surface area (Å²) in [7, 11) is -3.73. The number of anilines is 1. The Morgan fingerprint density at radius 2 is 2.10 bits per heavy atom. The maximum absolute atomic E-state index is 12.2. The molecule has 9 nitrogen and oxygen atoms in total. The lowest BCUT2D eigenvalue weighted by molar-refractivity contribution is 0.0976. The van der Waals surface area contributed by atoms with Gasteiger partial charge >= 0.3 is 6.01 Å². The molecule has 0 radical (unpaired) electrons. The highest BCUT2D eigenvalue weighted by atomic mass is 32.2. The van der Waals surface area contributed by atoms with Gasteiger partial charge in [-0.1, -0.05) is 0 Å². The molecule has 152 valence electrons. The number of carbonyl (C=O) groups is 1. The van der Waals surface area contributed by atoms with E-state index in [1.54, 1.807) is 17.9 Å².